The van der Waals surface area contributed by atoms with Crippen LogP contribution >= 0.6 is 0 Å². The van der Waals surface area contributed by atoms with E-state index >= 15 is 0 Å². The summed E-state index contributed by atoms with van der Waals surface area (Å²) in [5.74, 6) is 1.37. The Labute approximate surface area is 107 Å². The fraction of sp³-hybridized carbons (Fsp3) is 0.615. The van der Waals surface area contributed by atoms with E-state index in [4.69, 9.17) is 0 Å². The van der Waals surface area contributed by atoms with E-state index in [1.807, 2.05) is 19.9 Å². The lowest BCUT2D eigenvalue weighted by Crippen LogP contribution is -2.22. The molecular weight excluding hydrogens is 228 g/mol. The maximum atomic E-state index is 11.9. The van der Waals surface area contributed by atoms with E-state index < -0.39 is 0 Å². The molecule has 0 spiro atoms. The molecule has 1 heterocycles. The van der Waals surface area contributed by atoms with Crippen molar-refractivity contribution in [1.82, 2.24) is 10.2 Å². The fourth-order valence-corrected chi connectivity index (χ4v) is 1.80. The van der Waals surface area contributed by atoms with Gasteiger partial charge in [-0.15, -0.1) is 10.2 Å². The van der Waals surface area contributed by atoms with Crippen molar-refractivity contribution in [3.63, 3.8) is 0 Å². The zero-order chi connectivity index (χ0) is 13.0. The van der Waals surface area contributed by atoms with Gasteiger partial charge in [0.05, 0.1) is 0 Å². The van der Waals surface area contributed by atoms with E-state index in [1.54, 1.807) is 6.07 Å². The second-order valence-electron chi connectivity index (χ2n) is 4.73. The van der Waals surface area contributed by atoms with Crippen molar-refractivity contribution >= 4 is 17.5 Å². The lowest BCUT2D eigenvalue weighted by Gasteiger charge is -2.12. The minimum atomic E-state index is 0.0252. The van der Waals surface area contributed by atoms with Crippen molar-refractivity contribution in [1.29, 1.82) is 0 Å². The van der Waals surface area contributed by atoms with E-state index in [-0.39, 0.29) is 11.8 Å². The number of nitrogens with zero attached hydrogens (tertiary/aromatic N) is 2. The molecule has 1 fully saturated rings. The number of amides is 1. The molecule has 0 atom stereocenters. The summed E-state index contributed by atoms with van der Waals surface area (Å²) in [5, 5.41) is 14.1. The van der Waals surface area contributed by atoms with E-state index in [0.717, 1.165) is 18.7 Å². The van der Waals surface area contributed by atoms with Crippen molar-refractivity contribution in [2.45, 2.75) is 45.6 Å². The monoisotopic (exact) mass is 248 g/mol. The summed E-state index contributed by atoms with van der Waals surface area (Å²) in [7, 11) is 0. The molecule has 1 aliphatic rings. The standard InChI is InChI=1S/C13H20N4O/c1-3-9(4-2)13(18)15-12-8-7-11(16-17-12)14-10-5-6-10/h7-10H,3-6H2,1-2H3,(H,14,16)(H,15,17,18). The smallest absolute Gasteiger partial charge is 0.228 e. The third-order valence-electron chi connectivity index (χ3n) is 3.20. The molecule has 0 aromatic carbocycles. The van der Waals surface area contributed by atoms with Crippen LogP contribution in [-0.4, -0.2) is 22.1 Å². The number of nitrogens with one attached hydrogen (secondary N) is 2. The maximum Gasteiger partial charge on any atom is 0.228 e. The first kappa shape index (κ1) is 12.8. The molecule has 2 N–H and O–H groups in total. The molecule has 0 saturated heterocycles. The van der Waals surface area contributed by atoms with Crippen LogP contribution < -0.4 is 10.6 Å². The van der Waals surface area contributed by atoms with Gasteiger partial charge in [0.2, 0.25) is 5.91 Å². The van der Waals surface area contributed by atoms with Gasteiger partial charge in [-0.1, -0.05) is 13.8 Å². The van der Waals surface area contributed by atoms with Crippen molar-refractivity contribution in [3.8, 4) is 0 Å². The molecule has 98 valence electrons. The van der Waals surface area contributed by atoms with Crippen molar-refractivity contribution < 1.29 is 4.79 Å². The molecular formula is C13H20N4O. The molecule has 18 heavy (non-hydrogen) atoms. The molecule has 5 heteroatoms. The molecule has 1 amide bonds. The van der Waals surface area contributed by atoms with Crippen molar-refractivity contribution in [2.24, 2.45) is 5.92 Å². The highest BCUT2D eigenvalue weighted by atomic mass is 16.1. The van der Waals surface area contributed by atoms with Crippen LogP contribution in [0.2, 0.25) is 0 Å². The molecule has 2 rings (SSSR count). The SMILES string of the molecule is CCC(CC)C(=O)Nc1ccc(NC2CC2)nn1. The fourth-order valence-electron chi connectivity index (χ4n) is 1.80. The van der Waals surface area contributed by atoms with Gasteiger partial charge < -0.3 is 10.6 Å². The van der Waals surface area contributed by atoms with Gasteiger partial charge in [0.1, 0.15) is 5.82 Å². The van der Waals surface area contributed by atoms with Gasteiger partial charge in [-0.3, -0.25) is 4.79 Å². The molecule has 0 unspecified atom stereocenters. The maximum absolute atomic E-state index is 11.9. The summed E-state index contributed by atoms with van der Waals surface area (Å²) in [6, 6.07) is 4.20. The van der Waals surface area contributed by atoms with Gasteiger partial charge in [0.15, 0.2) is 5.82 Å². The summed E-state index contributed by atoms with van der Waals surface area (Å²) >= 11 is 0. The Balaban J connectivity index is 1.90. The predicted octanol–water partition coefficient (Wildman–Crippen LogP) is 2.43. The van der Waals surface area contributed by atoms with Crippen LogP contribution in [0, 0.1) is 5.92 Å². The lowest BCUT2D eigenvalue weighted by atomic mass is 10.0. The second kappa shape index (κ2) is 5.80. The number of carbonyl (C=O) groups is 1. The van der Waals surface area contributed by atoms with Crippen LogP contribution in [0.1, 0.15) is 39.5 Å². The zero-order valence-corrected chi connectivity index (χ0v) is 10.9. The zero-order valence-electron chi connectivity index (χ0n) is 10.9. The van der Waals surface area contributed by atoms with Gasteiger partial charge >= 0.3 is 0 Å². The van der Waals surface area contributed by atoms with Crippen LogP contribution in [0.25, 0.3) is 0 Å². The van der Waals surface area contributed by atoms with Crippen LogP contribution in [0.3, 0.4) is 0 Å². The minimum Gasteiger partial charge on any atom is -0.366 e. The van der Waals surface area contributed by atoms with Gasteiger partial charge in [-0.2, -0.15) is 0 Å². The van der Waals surface area contributed by atoms with E-state index in [2.05, 4.69) is 20.8 Å². The van der Waals surface area contributed by atoms with Crippen LogP contribution in [0.15, 0.2) is 12.1 Å². The number of carbonyl (C=O) groups excluding carboxylic acids is 1. The first-order chi connectivity index (χ1) is 8.72. The molecule has 1 aromatic rings. The second-order valence-corrected chi connectivity index (χ2v) is 4.73. The third-order valence-corrected chi connectivity index (χ3v) is 3.20. The highest BCUT2D eigenvalue weighted by molar-refractivity contribution is 5.91. The van der Waals surface area contributed by atoms with E-state index in [9.17, 15) is 4.79 Å². The van der Waals surface area contributed by atoms with Crippen LogP contribution in [0.4, 0.5) is 11.6 Å². The molecule has 1 aromatic heterocycles. The highest BCUT2D eigenvalue weighted by Crippen LogP contribution is 2.23. The molecule has 0 aliphatic heterocycles. The summed E-state index contributed by atoms with van der Waals surface area (Å²) in [6.45, 7) is 4.03. The number of aromatic nitrogens is 2. The Morgan fingerprint density at radius 2 is 1.89 bits per heavy atom. The number of hydrogen-bond donors (Lipinski definition) is 2. The third kappa shape index (κ3) is 3.42. The first-order valence-electron chi connectivity index (χ1n) is 6.64. The van der Waals surface area contributed by atoms with E-state index in [1.165, 1.54) is 12.8 Å². The van der Waals surface area contributed by atoms with Gasteiger partial charge in [0, 0.05) is 12.0 Å². The average Bonchev–Trinajstić information content (AvgIpc) is 3.17. The normalized spacial score (nSPS) is 14.6. The topological polar surface area (TPSA) is 66.9 Å². The number of hydrogen-bond acceptors (Lipinski definition) is 4. The Hall–Kier alpha value is -1.65. The Bertz CT molecular complexity index is 396. The van der Waals surface area contributed by atoms with E-state index in [0.29, 0.717) is 11.9 Å². The molecule has 0 bridgehead atoms. The summed E-state index contributed by atoms with van der Waals surface area (Å²) in [6.07, 6.45) is 4.10. The number of rotatable bonds is 6. The number of anilines is 2. The molecule has 5 nitrogen and oxygen atoms in total. The molecule has 1 saturated carbocycles. The van der Waals surface area contributed by atoms with Crippen molar-refractivity contribution in [2.75, 3.05) is 10.6 Å². The summed E-state index contributed by atoms with van der Waals surface area (Å²) in [5.41, 5.74) is 0. The lowest BCUT2D eigenvalue weighted by molar-refractivity contribution is -0.120. The van der Waals surface area contributed by atoms with Crippen LogP contribution in [-0.2, 0) is 4.79 Å². The van der Waals surface area contributed by atoms with Gasteiger partial charge in [-0.25, -0.2) is 0 Å². The quantitative estimate of drug-likeness (QED) is 0.811. The molecule has 0 radical (unpaired) electrons. The average molecular weight is 248 g/mol. The molecule has 1 aliphatic carbocycles. The minimum absolute atomic E-state index is 0.0252. The Kier molecular flexibility index (Phi) is 4.12. The summed E-state index contributed by atoms with van der Waals surface area (Å²) < 4.78 is 0. The predicted molar refractivity (Wildman–Crippen MR) is 71.4 cm³/mol. The first-order valence-corrected chi connectivity index (χ1v) is 6.64. The Morgan fingerprint density at radius 1 is 1.28 bits per heavy atom. The van der Waals surface area contributed by atoms with Gasteiger partial charge in [-0.05, 0) is 37.8 Å². The highest BCUT2D eigenvalue weighted by Gasteiger charge is 2.21. The van der Waals surface area contributed by atoms with Gasteiger partial charge in [0.25, 0.3) is 0 Å². The van der Waals surface area contributed by atoms with Crippen molar-refractivity contribution in [3.05, 3.63) is 12.1 Å². The van der Waals surface area contributed by atoms with Crippen LogP contribution in [0.5, 0.6) is 0 Å². The summed E-state index contributed by atoms with van der Waals surface area (Å²) in [4.78, 5) is 11.9. The largest absolute Gasteiger partial charge is 0.366 e. The Morgan fingerprint density at radius 3 is 2.39 bits per heavy atom.